The van der Waals surface area contributed by atoms with E-state index in [1.807, 2.05) is 12.1 Å². The molecule has 0 spiro atoms. The van der Waals surface area contributed by atoms with Crippen molar-refractivity contribution in [1.29, 1.82) is 5.26 Å². The van der Waals surface area contributed by atoms with Crippen LogP contribution in [0.4, 0.5) is 4.39 Å². The lowest BCUT2D eigenvalue weighted by Crippen LogP contribution is -2.28. The Balaban J connectivity index is 1.52. The minimum Gasteiger partial charge on any atom is -0.478 e. The molecule has 1 aliphatic heterocycles. The smallest absolute Gasteiger partial charge is 0.269 e. The van der Waals surface area contributed by atoms with Gasteiger partial charge in [-0.3, -0.25) is 4.79 Å². The SMILES string of the molecule is C=C(CCCOc1ccc(C#N)cn1)C(=O)N1N=CCC1c1ccc(C)c(F)c1. The van der Waals surface area contributed by atoms with Gasteiger partial charge < -0.3 is 4.74 Å². The first-order valence-corrected chi connectivity index (χ1v) is 9.28. The van der Waals surface area contributed by atoms with Crippen LogP contribution in [0, 0.1) is 24.1 Å². The molecule has 2 heterocycles. The standard InChI is InChI=1S/C22H21FN4O2/c1-15-5-7-18(12-19(15)23)20-9-10-26-27(20)22(28)16(2)4-3-11-29-21-8-6-17(13-24)14-25-21/h5-8,10,12,14,20H,2-4,9,11H2,1H3. The van der Waals surface area contributed by atoms with E-state index in [1.165, 1.54) is 17.3 Å². The van der Waals surface area contributed by atoms with Crippen LogP contribution in [-0.4, -0.2) is 28.7 Å². The Kier molecular flexibility index (Phi) is 6.35. The van der Waals surface area contributed by atoms with Crippen LogP contribution in [0.1, 0.15) is 42.0 Å². The Labute approximate surface area is 168 Å². The summed E-state index contributed by atoms with van der Waals surface area (Å²) in [5.74, 6) is -0.151. The number of rotatable bonds is 7. The number of carbonyl (C=O) groups excluding carboxylic acids is 1. The van der Waals surface area contributed by atoms with Crippen molar-refractivity contribution in [1.82, 2.24) is 9.99 Å². The van der Waals surface area contributed by atoms with Gasteiger partial charge in [0.05, 0.1) is 18.2 Å². The first kappa shape index (κ1) is 20.2. The second-order valence-electron chi connectivity index (χ2n) is 6.76. The molecule has 0 radical (unpaired) electrons. The number of hydrazone groups is 1. The zero-order valence-electron chi connectivity index (χ0n) is 16.1. The molecule has 0 bridgehead atoms. The molecule has 0 fully saturated rings. The molecule has 1 unspecified atom stereocenters. The number of aromatic nitrogens is 1. The maximum Gasteiger partial charge on any atom is 0.269 e. The summed E-state index contributed by atoms with van der Waals surface area (Å²) in [6, 6.07) is 9.90. The molecule has 1 aromatic carbocycles. The van der Waals surface area contributed by atoms with Crippen molar-refractivity contribution in [2.24, 2.45) is 5.10 Å². The summed E-state index contributed by atoms with van der Waals surface area (Å²) < 4.78 is 19.4. The van der Waals surface area contributed by atoms with Crippen LogP contribution in [0.15, 0.2) is 53.8 Å². The molecule has 1 aromatic heterocycles. The Morgan fingerprint density at radius 3 is 2.93 bits per heavy atom. The maximum absolute atomic E-state index is 13.9. The van der Waals surface area contributed by atoms with Crippen LogP contribution in [0.25, 0.3) is 0 Å². The number of halogens is 1. The highest BCUT2D eigenvalue weighted by molar-refractivity contribution is 5.94. The maximum atomic E-state index is 13.9. The zero-order valence-corrected chi connectivity index (χ0v) is 16.1. The molecule has 0 saturated heterocycles. The van der Waals surface area contributed by atoms with Gasteiger partial charge in [-0.2, -0.15) is 10.4 Å². The largest absolute Gasteiger partial charge is 0.478 e. The van der Waals surface area contributed by atoms with Crippen molar-refractivity contribution in [2.45, 2.75) is 32.2 Å². The van der Waals surface area contributed by atoms with E-state index in [2.05, 4.69) is 16.7 Å². The molecule has 7 heteroatoms. The van der Waals surface area contributed by atoms with Crippen molar-refractivity contribution in [3.05, 3.63) is 71.2 Å². The van der Waals surface area contributed by atoms with Crippen molar-refractivity contribution in [3.63, 3.8) is 0 Å². The molecule has 1 atom stereocenters. The van der Waals surface area contributed by atoms with E-state index in [1.54, 1.807) is 31.3 Å². The zero-order chi connectivity index (χ0) is 20.8. The Morgan fingerprint density at radius 2 is 2.24 bits per heavy atom. The molecule has 0 N–H and O–H groups in total. The molecule has 148 valence electrons. The van der Waals surface area contributed by atoms with Crippen molar-refractivity contribution >= 4 is 12.1 Å². The number of ether oxygens (including phenoxy) is 1. The number of amides is 1. The topological polar surface area (TPSA) is 78.6 Å². The van der Waals surface area contributed by atoms with Crippen molar-refractivity contribution in [3.8, 4) is 11.9 Å². The van der Waals surface area contributed by atoms with Gasteiger partial charge >= 0.3 is 0 Å². The fourth-order valence-corrected chi connectivity index (χ4v) is 2.97. The highest BCUT2D eigenvalue weighted by atomic mass is 19.1. The van der Waals surface area contributed by atoms with Crippen LogP contribution in [0.3, 0.4) is 0 Å². The van der Waals surface area contributed by atoms with Crippen molar-refractivity contribution < 1.29 is 13.9 Å². The number of carbonyl (C=O) groups is 1. The third-order valence-corrected chi connectivity index (χ3v) is 4.66. The summed E-state index contributed by atoms with van der Waals surface area (Å²) in [6.45, 7) is 5.94. The average Bonchev–Trinajstić information content (AvgIpc) is 3.22. The molecule has 3 rings (SSSR count). The monoisotopic (exact) mass is 392 g/mol. The van der Waals surface area contributed by atoms with E-state index in [9.17, 15) is 9.18 Å². The molecule has 0 aliphatic carbocycles. The first-order chi connectivity index (χ1) is 14.0. The predicted molar refractivity (Wildman–Crippen MR) is 107 cm³/mol. The molecule has 1 aliphatic rings. The summed E-state index contributed by atoms with van der Waals surface area (Å²) in [5, 5.41) is 14.3. The minimum atomic E-state index is -0.326. The molecule has 2 aromatic rings. The van der Waals surface area contributed by atoms with Gasteiger partial charge in [0.2, 0.25) is 5.88 Å². The van der Waals surface area contributed by atoms with Gasteiger partial charge in [-0.25, -0.2) is 14.4 Å². The van der Waals surface area contributed by atoms with Gasteiger partial charge in [-0.1, -0.05) is 18.7 Å². The quantitative estimate of drug-likeness (QED) is 0.525. The Hall–Kier alpha value is -3.53. The number of aryl methyl sites for hydroxylation is 1. The second-order valence-corrected chi connectivity index (χ2v) is 6.76. The van der Waals surface area contributed by atoms with Crippen LogP contribution in [-0.2, 0) is 4.79 Å². The predicted octanol–water partition coefficient (Wildman–Crippen LogP) is 4.08. The number of nitrogens with zero attached hydrogens (tertiary/aromatic N) is 4. The van der Waals surface area contributed by atoms with Gasteiger partial charge in [0.25, 0.3) is 5.91 Å². The number of pyridine rings is 1. The molecule has 29 heavy (non-hydrogen) atoms. The molecular formula is C22H21FN4O2. The minimum absolute atomic E-state index is 0.277. The summed E-state index contributed by atoms with van der Waals surface area (Å²) in [6.07, 6.45) is 4.66. The average molecular weight is 392 g/mol. The summed E-state index contributed by atoms with van der Waals surface area (Å²) in [4.78, 5) is 16.8. The Bertz CT molecular complexity index is 979. The van der Waals surface area contributed by atoms with Gasteiger partial charge in [0, 0.05) is 30.5 Å². The lowest BCUT2D eigenvalue weighted by atomic mass is 10.0. The van der Waals surface area contributed by atoms with Gasteiger partial charge in [0.15, 0.2) is 0 Å². The third-order valence-electron chi connectivity index (χ3n) is 4.66. The van der Waals surface area contributed by atoms with E-state index in [0.717, 1.165) is 0 Å². The fraction of sp³-hybridized carbons (Fsp3) is 0.273. The first-order valence-electron chi connectivity index (χ1n) is 9.28. The Morgan fingerprint density at radius 1 is 1.41 bits per heavy atom. The molecule has 0 saturated carbocycles. The highest BCUT2D eigenvalue weighted by Gasteiger charge is 2.29. The summed E-state index contributed by atoms with van der Waals surface area (Å²) >= 11 is 0. The number of hydrogen-bond donors (Lipinski definition) is 0. The summed E-state index contributed by atoms with van der Waals surface area (Å²) in [5.41, 5.74) is 2.15. The van der Waals surface area contributed by atoms with E-state index in [4.69, 9.17) is 10.00 Å². The molecule has 6 nitrogen and oxygen atoms in total. The lowest BCUT2D eigenvalue weighted by molar-refractivity contribution is -0.129. The fourth-order valence-electron chi connectivity index (χ4n) is 2.97. The van der Waals surface area contributed by atoms with Crippen LogP contribution < -0.4 is 4.74 Å². The van der Waals surface area contributed by atoms with E-state index in [0.29, 0.717) is 54.0 Å². The van der Waals surface area contributed by atoms with Crippen LogP contribution in [0.5, 0.6) is 5.88 Å². The third kappa shape index (κ3) is 4.85. The van der Waals surface area contributed by atoms with Gasteiger partial charge in [0.1, 0.15) is 11.9 Å². The van der Waals surface area contributed by atoms with E-state index >= 15 is 0 Å². The lowest BCUT2D eigenvalue weighted by Gasteiger charge is -2.23. The number of nitriles is 1. The number of benzene rings is 1. The van der Waals surface area contributed by atoms with Crippen LogP contribution in [0.2, 0.25) is 0 Å². The highest BCUT2D eigenvalue weighted by Crippen LogP contribution is 2.30. The van der Waals surface area contributed by atoms with E-state index in [-0.39, 0.29) is 17.8 Å². The van der Waals surface area contributed by atoms with Crippen LogP contribution >= 0.6 is 0 Å². The van der Waals surface area contributed by atoms with Gasteiger partial charge in [-0.15, -0.1) is 0 Å². The summed E-state index contributed by atoms with van der Waals surface area (Å²) in [7, 11) is 0. The van der Waals surface area contributed by atoms with Crippen molar-refractivity contribution in [2.75, 3.05) is 6.61 Å². The number of hydrogen-bond acceptors (Lipinski definition) is 5. The second kappa shape index (κ2) is 9.11. The normalized spacial score (nSPS) is 15.2. The van der Waals surface area contributed by atoms with E-state index < -0.39 is 0 Å². The molecular weight excluding hydrogens is 371 g/mol. The van der Waals surface area contributed by atoms with Gasteiger partial charge in [-0.05, 0) is 43.0 Å². The molecule has 1 amide bonds.